The molecule has 0 bridgehead atoms. The first-order valence-electron chi connectivity index (χ1n) is 6.81. The average Bonchev–Trinajstić information content (AvgIpc) is 2.92. The van der Waals surface area contributed by atoms with Gasteiger partial charge in [0.2, 0.25) is 0 Å². The van der Waals surface area contributed by atoms with Crippen LogP contribution in [0, 0.1) is 6.92 Å². The number of carbonyl (C=O) groups excluding carboxylic acids is 1. The first-order chi connectivity index (χ1) is 9.49. The first kappa shape index (κ1) is 14.4. The Kier molecular flexibility index (Phi) is 4.27. The van der Waals surface area contributed by atoms with Crippen LogP contribution in [0.15, 0.2) is 18.2 Å². The molecule has 1 aliphatic rings. The SMILES string of the molecule is Cc1cc(C(=O)N(CC(=O)O)C2CCCC2)ccc1O. The minimum atomic E-state index is -0.999. The molecule has 0 aromatic heterocycles. The van der Waals surface area contributed by atoms with Crippen molar-refractivity contribution in [2.24, 2.45) is 0 Å². The van der Waals surface area contributed by atoms with Gasteiger partial charge in [-0.05, 0) is 43.5 Å². The van der Waals surface area contributed by atoms with E-state index in [1.54, 1.807) is 13.0 Å². The zero-order chi connectivity index (χ0) is 14.7. The molecule has 1 aromatic rings. The van der Waals surface area contributed by atoms with Crippen molar-refractivity contribution < 1.29 is 19.8 Å². The number of carboxylic acids is 1. The maximum Gasteiger partial charge on any atom is 0.323 e. The number of benzene rings is 1. The Labute approximate surface area is 117 Å². The van der Waals surface area contributed by atoms with E-state index < -0.39 is 5.97 Å². The van der Waals surface area contributed by atoms with Crippen LogP contribution in [0.4, 0.5) is 0 Å². The summed E-state index contributed by atoms with van der Waals surface area (Å²) in [6.07, 6.45) is 3.78. The van der Waals surface area contributed by atoms with E-state index in [1.165, 1.54) is 17.0 Å². The molecule has 5 heteroatoms. The smallest absolute Gasteiger partial charge is 0.323 e. The fourth-order valence-electron chi connectivity index (χ4n) is 2.68. The molecular weight excluding hydrogens is 258 g/mol. The molecule has 2 N–H and O–H groups in total. The second-order valence-electron chi connectivity index (χ2n) is 5.27. The number of carbonyl (C=O) groups is 2. The Balaban J connectivity index is 2.24. The summed E-state index contributed by atoms with van der Waals surface area (Å²) in [6, 6.07) is 4.61. The van der Waals surface area contributed by atoms with Crippen LogP contribution >= 0.6 is 0 Å². The minimum absolute atomic E-state index is 0.00714. The van der Waals surface area contributed by atoms with Gasteiger partial charge in [-0.2, -0.15) is 0 Å². The van der Waals surface area contributed by atoms with Crippen molar-refractivity contribution in [2.75, 3.05) is 6.54 Å². The van der Waals surface area contributed by atoms with E-state index >= 15 is 0 Å². The molecule has 1 aliphatic carbocycles. The molecule has 0 radical (unpaired) electrons. The van der Waals surface area contributed by atoms with Crippen molar-refractivity contribution in [3.05, 3.63) is 29.3 Å². The monoisotopic (exact) mass is 277 g/mol. The van der Waals surface area contributed by atoms with Gasteiger partial charge in [0, 0.05) is 11.6 Å². The molecule has 0 heterocycles. The van der Waals surface area contributed by atoms with E-state index in [-0.39, 0.29) is 24.2 Å². The van der Waals surface area contributed by atoms with Crippen molar-refractivity contribution in [1.82, 2.24) is 4.90 Å². The van der Waals surface area contributed by atoms with E-state index in [0.29, 0.717) is 11.1 Å². The van der Waals surface area contributed by atoms with Gasteiger partial charge in [0.05, 0.1) is 0 Å². The zero-order valence-corrected chi connectivity index (χ0v) is 11.5. The van der Waals surface area contributed by atoms with E-state index in [9.17, 15) is 14.7 Å². The summed E-state index contributed by atoms with van der Waals surface area (Å²) < 4.78 is 0. The number of aromatic hydroxyl groups is 1. The van der Waals surface area contributed by atoms with Gasteiger partial charge >= 0.3 is 5.97 Å². The van der Waals surface area contributed by atoms with Gasteiger partial charge in [0.1, 0.15) is 12.3 Å². The fourth-order valence-corrected chi connectivity index (χ4v) is 2.68. The lowest BCUT2D eigenvalue weighted by molar-refractivity contribution is -0.138. The maximum absolute atomic E-state index is 12.5. The van der Waals surface area contributed by atoms with Crippen molar-refractivity contribution in [3.8, 4) is 5.75 Å². The Morgan fingerprint density at radius 3 is 2.50 bits per heavy atom. The van der Waals surface area contributed by atoms with Crippen molar-refractivity contribution >= 4 is 11.9 Å². The number of nitrogens with zero attached hydrogens (tertiary/aromatic N) is 1. The van der Waals surface area contributed by atoms with E-state index in [1.807, 2.05) is 0 Å². The summed E-state index contributed by atoms with van der Waals surface area (Å²) in [7, 11) is 0. The van der Waals surface area contributed by atoms with Gasteiger partial charge in [-0.15, -0.1) is 0 Å². The van der Waals surface area contributed by atoms with Crippen LogP contribution in [0.3, 0.4) is 0 Å². The van der Waals surface area contributed by atoms with Crippen LogP contribution in [-0.4, -0.2) is 39.6 Å². The second kappa shape index (κ2) is 5.94. The number of phenolic OH excluding ortho intramolecular Hbond substituents is 1. The summed E-state index contributed by atoms with van der Waals surface area (Å²) in [6.45, 7) is 1.44. The number of aliphatic carboxylic acids is 1. The molecule has 0 atom stereocenters. The second-order valence-corrected chi connectivity index (χ2v) is 5.27. The van der Waals surface area contributed by atoms with E-state index in [0.717, 1.165) is 25.7 Å². The summed E-state index contributed by atoms with van der Waals surface area (Å²) in [5.41, 5.74) is 1.03. The quantitative estimate of drug-likeness (QED) is 0.884. The topological polar surface area (TPSA) is 77.8 Å². The van der Waals surface area contributed by atoms with E-state index in [4.69, 9.17) is 5.11 Å². The highest BCUT2D eigenvalue weighted by Gasteiger charge is 2.29. The summed E-state index contributed by atoms with van der Waals surface area (Å²) in [5, 5.41) is 18.5. The molecule has 0 unspecified atom stereocenters. The lowest BCUT2D eigenvalue weighted by atomic mass is 10.1. The lowest BCUT2D eigenvalue weighted by Crippen LogP contribution is -2.42. The molecule has 0 aliphatic heterocycles. The van der Waals surface area contributed by atoms with Crippen LogP contribution in [0.2, 0.25) is 0 Å². The third-order valence-electron chi connectivity index (χ3n) is 3.78. The molecule has 0 saturated heterocycles. The highest BCUT2D eigenvalue weighted by Crippen LogP contribution is 2.26. The fraction of sp³-hybridized carbons (Fsp3) is 0.467. The molecule has 5 nitrogen and oxygen atoms in total. The highest BCUT2D eigenvalue weighted by molar-refractivity contribution is 5.96. The number of aryl methyl sites for hydroxylation is 1. The number of amides is 1. The molecule has 1 aromatic carbocycles. The number of carboxylic acid groups (broad SMARTS) is 1. The number of rotatable bonds is 4. The normalized spacial score (nSPS) is 15.2. The van der Waals surface area contributed by atoms with Crippen LogP contribution in [0.5, 0.6) is 5.75 Å². The Hall–Kier alpha value is -2.04. The minimum Gasteiger partial charge on any atom is -0.508 e. The molecule has 0 spiro atoms. The van der Waals surface area contributed by atoms with Crippen molar-refractivity contribution in [2.45, 2.75) is 38.6 Å². The van der Waals surface area contributed by atoms with Gasteiger partial charge in [0.25, 0.3) is 5.91 Å². The predicted octanol–water partition coefficient (Wildman–Crippen LogP) is 2.17. The van der Waals surface area contributed by atoms with Gasteiger partial charge in [0.15, 0.2) is 0 Å². The molecule has 1 fully saturated rings. The number of hydrogen-bond acceptors (Lipinski definition) is 3. The Morgan fingerprint density at radius 2 is 1.95 bits per heavy atom. The lowest BCUT2D eigenvalue weighted by Gasteiger charge is -2.27. The number of hydrogen-bond donors (Lipinski definition) is 2. The highest BCUT2D eigenvalue weighted by atomic mass is 16.4. The number of phenols is 1. The zero-order valence-electron chi connectivity index (χ0n) is 11.5. The van der Waals surface area contributed by atoms with Gasteiger partial charge in [-0.3, -0.25) is 9.59 Å². The van der Waals surface area contributed by atoms with Gasteiger partial charge in [-0.1, -0.05) is 12.8 Å². The third kappa shape index (κ3) is 3.10. The van der Waals surface area contributed by atoms with E-state index in [2.05, 4.69) is 0 Å². The van der Waals surface area contributed by atoms with Crippen LogP contribution in [0.25, 0.3) is 0 Å². The Bertz CT molecular complexity index is 521. The molecular formula is C15H19NO4. The van der Waals surface area contributed by atoms with Crippen LogP contribution in [-0.2, 0) is 4.79 Å². The largest absolute Gasteiger partial charge is 0.508 e. The van der Waals surface area contributed by atoms with Crippen LogP contribution in [0.1, 0.15) is 41.6 Å². The summed E-state index contributed by atoms with van der Waals surface area (Å²) in [5.74, 6) is -1.14. The third-order valence-corrected chi connectivity index (χ3v) is 3.78. The average molecular weight is 277 g/mol. The predicted molar refractivity (Wildman–Crippen MR) is 73.8 cm³/mol. The van der Waals surface area contributed by atoms with Crippen LogP contribution < -0.4 is 0 Å². The molecule has 20 heavy (non-hydrogen) atoms. The maximum atomic E-state index is 12.5. The standard InChI is InChI=1S/C15H19NO4/c1-10-8-11(6-7-13(10)17)15(20)16(9-14(18)19)12-4-2-3-5-12/h6-8,12,17H,2-5,9H2,1H3,(H,18,19). The Morgan fingerprint density at radius 1 is 1.30 bits per heavy atom. The van der Waals surface area contributed by atoms with Crippen molar-refractivity contribution in [1.29, 1.82) is 0 Å². The van der Waals surface area contributed by atoms with Gasteiger partial charge in [-0.25, -0.2) is 0 Å². The molecule has 1 saturated carbocycles. The molecule has 108 valence electrons. The molecule has 2 rings (SSSR count). The van der Waals surface area contributed by atoms with Gasteiger partial charge < -0.3 is 15.1 Å². The summed E-state index contributed by atoms with van der Waals surface area (Å²) in [4.78, 5) is 24.9. The summed E-state index contributed by atoms with van der Waals surface area (Å²) >= 11 is 0. The molecule has 1 amide bonds. The van der Waals surface area contributed by atoms with Crippen molar-refractivity contribution in [3.63, 3.8) is 0 Å². The first-order valence-corrected chi connectivity index (χ1v) is 6.81.